The first kappa shape index (κ1) is 21.5. The molecule has 0 radical (unpaired) electrons. The lowest BCUT2D eigenvalue weighted by atomic mass is 9.79. The van der Waals surface area contributed by atoms with Gasteiger partial charge in [-0.3, -0.25) is 24.5 Å². The first-order valence-corrected chi connectivity index (χ1v) is 11.4. The summed E-state index contributed by atoms with van der Waals surface area (Å²) in [5, 5.41) is 5.56. The molecule has 2 heterocycles. The van der Waals surface area contributed by atoms with Gasteiger partial charge in [0.15, 0.2) is 0 Å². The first-order valence-electron chi connectivity index (χ1n) is 11.4. The monoisotopic (exact) mass is 425 g/mol. The molecule has 1 saturated carbocycles. The smallest absolute Gasteiger partial charge is 0.255 e. The van der Waals surface area contributed by atoms with E-state index in [1.807, 2.05) is 0 Å². The van der Waals surface area contributed by atoms with E-state index in [2.05, 4.69) is 24.5 Å². The van der Waals surface area contributed by atoms with Crippen molar-refractivity contribution >= 4 is 23.6 Å². The summed E-state index contributed by atoms with van der Waals surface area (Å²) in [6.07, 6.45) is 6.59. The molecule has 2 atom stereocenters. The van der Waals surface area contributed by atoms with Crippen LogP contribution in [0.4, 0.5) is 0 Å². The second-order valence-corrected chi connectivity index (χ2v) is 9.41. The number of nitrogens with zero attached hydrogens (tertiary/aromatic N) is 1. The molecule has 0 bridgehead atoms. The fraction of sp³-hybridized carbons (Fsp3) is 0.583. The van der Waals surface area contributed by atoms with Gasteiger partial charge in [-0.15, -0.1) is 0 Å². The highest BCUT2D eigenvalue weighted by Crippen LogP contribution is 2.31. The fourth-order valence-electron chi connectivity index (χ4n) is 5.27. The third-order valence-electron chi connectivity index (χ3n) is 6.96. The van der Waals surface area contributed by atoms with Crippen LogP contribution >= 0.6 is 0 Å². The Labute approximate surface area is 182 Å². The Kier molecular flexibility index (Phi) is 6.12. The highest BCUT2D eigenvalue weighted by Gasteiger charge is 2.39. The molecular formula is C24H31N3O4. The molecule has 0 spiro atoms. The Morgan fingerprint density at radius 2 is 1.84 bits per heavy atom. The number of fused-ring (bicyclic) bond motifs is 1. The van der Waals surface area contributed by atoms with E-state index in [4.69, 9.17) is 0 Å². The van der Waals surface area contributed by atoms with Crippen LogP contribution in [-0.4, -0.2) is 40.6 Å². The standard InChI is InChI=1S/C24H31N3O4/c1-14(2)21(15-6-4-3-5-7-15)26-22(29)16-8-9-18-17(12-16)13-27(24(18)31)19-10-11-20(28)25-23(19)30/h8-9,12,14-15,19,21H,3-7,10-11,13H2,1-2H3,(H,26,29)(H,25,28,30). The van der Waals surface area contributed by atoms with Crippen molar-refractivity contribution in [3.63, 3.8) is 0 Å². The summed E-state index contributed by atoms with van der Waals surface area (Å²) in [5.41, 5.74) is 1.81. The van der Waals surface area contributed by atoms with E-state index in [9.17, 15) is 19.2 Å². The summed E-state index contributed by atoms with van der Waals surface area (Å²) in [6.45, 7) is 4.58. The minimum Gasteiger partial charge on any atom is -0.349 e. The maximum absolute atomic E-state index is 13.0. The summed E-state index contributed by atoms with van der Waals surface area (Å²) in [7, 11) is 0. The number of amides is 4. The zero-order chi connectivity index (χ0) is 22.1. The van der Waals surface area contributed by atoms with Gasteiger partial charge in [-0.05, 0) is 54.9 Å². The highest BCUT2D eigenvalue weighted by atomic mass is 16.2. The summed E-state index contributed by atoms with van der Waals surface area (Å²) in [6, 6.07) is 4.64. The third kappa shape index (κ3) is 4.36. The molecule has 2 unspecified atom stereocenters. The molecule has 4 amide bonds. The van der Waals surface area contributed by atoms with Crippen molar-refractivity contribution in [1.82, 2.24) is 15.5 Å². The van der Waals surface area contributed by atoms with E-state index in [1.165, 1.54) is 24.2 Å². The second-order valence-electron chi connectivity index (χ2n) is 9.41. The summed E-state index contributed by atoms with van der Waals surface area (Å²) < 4.78 is 0. The Morgan fingerprint density at radius 3 is 2.52 bits per heavy atom. The van der Waals surface area contributed by atoms with Crippen LogP contribution in [-0.2, 0) is 16.1 Å². The van der Waals surface area contributed by atoms with Crippen molar-refractivity contribution in [2.45, 2.75) is 77.4 Å². The van der Waals surface area contributed by atoms with Gasteiger partial charge in [0.2, 0.25) is 11.8 Å². The molecule has 2 N–H and O–H groups in total. The van der Waals surface area contributed by atoms with Gasteiger partial charge in [-0.25, -0.2) is 0 Å². The van der Waals surface area contributed by atoms with Gasteiger partial charge < -0.3 is 10.2 Å². The van der Waals surface area contributed by atoms with Crippen LogP contribution in [0.2, 0.25) is 0 Å². The number of carbonyl (C=O) groups excluding carboxylic acids is 4. The molecule has 1 aromatic carbocycles. The number of imide groups is 1. The highest BCUT2D eigenvalue weighted by molar-refractivity contribution is 6.06. The SMILES string of the molecule is CC(C)C(NC(=O)c1ccc2c(c1)CN(C1CCC(=O)NC1=O)C2=O)C1CCCCC1. The van der Waals surface area contributed by atoms with Crippen LogP contribution in [0.5, 0.6) is 0 Å². The average Bonchev–Trinajstić information content (AvgIpc) is 3.08. The number of carbonyl (C=O) groups is 4. The molecule has 0 aromatic heterocycles. The molecule has 1 saturated heterocycles. The topological polar surface area (TPSA) is 95.6 Å². The van der Waals surface area contributed by atoms with Crippen LogP contribution in [0, 0.1) is 11.8 Å². The first-order chi connectivity index (χ1) is 14.8. The van der Waals surface area contributed by atoms with E-state index in [-0.39, 0.29) is 36.7 Å². The van der Waals surface area contributed by atoms with Crippen LogP contribution in [0.15, 0.2) is 18.2 Å². The van der Waals surface area contributed by atoms with Gasteiger partial charge in [0.05, 0.1) is 0 Å². The van der Waals surface area contributed by atoms with Crippen molar-refractivity contribution < 1.29 is 19.2 Å². The van der Waals surface area contributed by atoms with Crippen LogP contribution in [0.3, 0.4) is 0 Å². The summed E-state index contributed by atoms with van der Waals surface area (Å²) >= 11 is 0. The van der Waals surface area contributed by atoms with Crippen molar-refractivity contribution in [3.05, 3.63) is 34.9 Å². The van der Waals surface area contributed by atoms with E-state index < -0.39 is 11.9 Å². The van der Waals surface area contributed by atoms with E-state index >= 15 is 0 Å². The Balaban J connectivity index is 1.48. The van der Waals surface area contributed by atoms with Gasteiger partial charge in [0.1, 0.15) is 6.04 Å². The molecule has 7 heteroatoms. The molecule has 31 heavy (non-hydrogen) atoms. The molecule has 1 aliphatic carbocycles. The van der Waals surface area contributed by atoms with Crippen LogP contribution in [0.25, 0.3) is 0 Å². The Bertz CT molecular complexity index is 904. The van der Waals surface area contributed by atoms with E-state index in [0.29, 0.717) is 29.4 Å². The number of hydrogen-bond donors (Lipinski definition) is 2. The molecular weight excluding hydrogens is 394 g/mol. The minimum atomic E-state index is -0.647. The minimum absolute atomic E-state index is 0.112. The second kappa shape index (κ2) is 8.81. The van der Waals surface area contributed by atoms with Gasteiger partial charge in [-0.1, -0.05) is 33.1 Å². The number of piperidine rings is 1. The Hall–Kier alpha value is -2.70. The zero-order valence-corrected chi connectivity index (χ0v) is 18.3. The van der Waals surface area contributed by atoms with Gasteiger partial charge in [-0.2, -0.15) is 0 Å². The van der Waals surface area contributed by atoms with Crippen molar-refractivity contribution in [2.24, 2.45) is 11.8 Å². The van der Waals surface area contributed by atoms with Crippen LogP contribution < -0.4 is 10.6 Å². The van der Waals surface area contributed by atoms with E-state index in [0.717, 1.165) is 18.4 Å². The molecule has 166 valence electrons. The maximum atomic E-state index is 13.0. The largest absolute Gasteiger partial charge is 0.349 e. The predicted molar refractivity (Wildman–Crippen MR) is 115 cm³/mol. The Morgan fingerprint density at radius 1 is 1.10 bits per heavy atom. The van der Waals surface area contributed by atoms with Crippen molar-refractivity contribution in [3.8, 4) is 0 Å². The number of benzene rings is 1. The third-order valence-corrected chi connectivity index (χ3v) is 6.96. The molecule has 4 rings (SSSR count). The molecule has 7 nitrogen and oxygen atoms in total. The molecule has 2 aliphatic heterocycles. The maximum Gasteiger partial charge on any atom is 0.255 e. The number of hydrogen-bond acceptors (Lipinski definition) is 4. The normalized spacial score (nSPS) is 23.0. The average molecular weight is 426 g/mol. The lowest BCUT2D eigenvalue weighted by Crippen LogP contribution is -2.52. The molecule has 3 aliphatic rings. The van der Waals surface area contributed by atoms with Gasteiger partial charge in [0, 0.05) is 30.1 Å². The quantitative estimate of drug-likeness (QED) is 0.709. The van der Waals surface area contributed by atoms with Gasteiger partial charge in [0.25, 0.3) is 11.8 Å². The van der Waals surface area contributed by atoms with Crippen molar-refractivity contribution in [2.75, 3.05) is 0 Å². The lowest BCUT2D eigenvalue weighted by molar-refractivity contribution is -0.136. The number of rotatable bonds is 5. The van der Waals surface area contributed by atoms with Crippen molar-refractivity contribution in [1.29, 1.82) is 0 Å². The summed E-state index contributed by atoms with van der Waals surface area (Å²) in [4.78, 5) is 51.0. The van der Waals surface area contributed by atoms with Gasteiger partial charge >= 0.3 is 0 Å². The van der Waals surface area contributed by atoms with E-state index in [1.54, 1.807) is 18.2 Å². The summed E-state index contributed by atoms with van der Waals surface area (Å²) in [5.74, 6) is -0.204. The lowest BCUT2D eigenvalue weighted by Gasteiger charge is -2.33. The zero-order valence-electron chi connectivity index (χ0n) is 18.3. The molecule has 1 aromatic rings. The number of nitrogens with one attached hydrogen (secondary N) is 2. The fourth-order valence-corrected chi connectivity index (χ4v) is 5.27. The predicted octanol–water partition coefficient (Wildman–Crippen LogP) is 2.78. The van der Waals surface area contributed by atoms with Crippen LogP contribution in [0.1, 0.15) is 85.1 Å². The molecule has 2 fully saturated rings.